The van der Waals surface area contributed by atoms with Gasteiger partial charge in [-0.15, -0.1) is 0 Å². The van der Waals surface area contributed by atoms with Crippen LogP contribution in [0.3, 0.4) is 0 Å². The molecule has 3 aliphatic rings. The Morgan fingerprint density at radius 2 is 1.83 bits per heavy atom. The van der Waals surface area contributed by atoms with Crippen LogP contribution in [-0.4, -0.2) is 86.7 Å². The summed E-state index contributed by atoms with van der Waals surface area (Å²) in [5.74, 6) is 2.73. The molecule has 4 heterocycles. The van der Waals surface area contributed by atoms with Crippen LogP contribution < -0.4 is 10.1 Å². The molecule has 0 aliphatic carbocycles. The van der Waals surface area contributed by atoms with Crippen LogP contribution in [0.4, 0.5) is 4.39 Å². The van der Waals surface area contributed by atoms with E-state index in [0.29, 0.717) is 93.0 Å². The predicted molar refractivity (Wildman–Crippen MR) is 181 cm³/mol. The zero-order chi connectivity index (χ0) is 33.9. The van der Waals surface area contributed by atoms with Gasteiger partial charge in [0.15, 0.2) is 5.82 Å². The molecule has 0 radical (unpaired) electrons. The van der Waals surface area contributed by atoms with Crippen molar-refractivity contribution in [3.05, 3.63) is 71.6 Å². The lowest BCUT2D eigenvalue weighted by molar-refractivity contribution is -0.128. The van der Waals surface area contributed by atoms with E-state index in [-0.39, 0.29) is 29.6 Å². The van der Waals surface area contributed by atoms with Crippen molar-refractivity contribution in [1.29, 1.82) is 10.8 Å². The Morgan fingerprint density at radius 3 is 2.48 bits per heavy atom. The summed E-state index contributed by atoms with van der Waals surface area (Å²) in [5.41, 5.74) is 3.03. The highest BCUT2D eigenvalue weighted by atomic mass is 19.1. The van der Waals surface area contributed by atoms with Crippen molar-refractivity contribution >= 4 is 23.2 Å². The number of nitrogens with zero attached hydrogens (tertiary/aromatic N) is 5. The molecule has 0 saturated carbocycles. The van der Waals surface area contributed by atoms with Crippen LogP contribution in [-0.2, 0) is 22.7 Å². The molecule has 252 valence electrons. The van der Waals surface area contributed by atoms with Crippen LogP contribution in [0.15, 0.2) is 54.6 Å². The number of hydrogen-bond donors (Lipinski definition) is 3. The molecule has 0 bridgehead atoms. The average molecular weight is 655 g/mol. The van der Waals surface area contributed by atoms with E-state index in [4.69, 9.17) is 25.6 Å². The Labute approximate surface area is 280 Å². The smallest absolute Gasteiger partial charge is 0.223 e. The fourth-order valence-corrected chi connectivity index (χ4v) is 6.20. The predicted octanol–water partition coefficient (Wildman–Crippen LogP) is 4.96. The number of halogens is 1. The molecule has 1 aromatic heterocycles. The largest absolute Gasteiger partial charge is 0.457 e. The monoisotopic (exact) mass is 654 g/mol. The molecule has 2 amide bonds. The number of alkyl halides is 1. The topological polar surface area (TPSA) is 140 Å². The third-order valence-corrected chi connectivity index (χ3v) is 9.12. The Balaban J connectivity index is 1.27. The summed E-state index contributed by atoms with van der Waals surface area (Å²) in [6.45, 7) is 9.55. The molecule has 11 nitrogen and oxygen atoms in total. The average Bonchev–Trinajstić information content (AvgIpc) is 3.76. The van der Waals surface area contributed by atoms with Gasteiger partial charge < -0.3 is 25.8 Å². The number of likely N-dealkylation sites (tertiary alicyclic amines) is 2. The summed E-state index contributed by atoms with van der Waals surface area (Å²) in [6.07, 6.45) is 3.37. The van der Waals surface area contributed by atoms with Gasteiger partial charge in [-0.05, 0) is 59.9 Å². The van der Waals surface area contributed by atoms with Crippen molar-refractivity contribution in [3.8, 4) is 22.9 Å². The van der Waals surface area contributed by atoms with Crippen LogP contribution in [0.1, 0.15) is 56.5 Å². The highest BCUT2D eigenvalue weighted by Crippen LogP contribution is 2.33. The lowest BCUT2D eigenvalue weighted by Crippen LogP contribution is -2.49. The number of hydrogen-bond acceptors (Lipinski definition) is 8. The molecule has 48 heavy (non-hydrogen) atoms. The van der Waals surface area contributed by atoms with Gasteiger partial charge in [0.05, 0.1) is 12.3 Å². The van der Waals surface area contributed by atoms with Crippen molar-refractivity contribution in [2.75, 3.05) is 32.7 Å². The van der Waals surface area contributed by atoms with Crippen molar-refractivity contribution in [2.24, 2.45) is 11.8 Å². The third kappa shape index (κ3) is 7.70. The highest BCUT2D eigenvalue weighted by molar-refractivity contribution is 6.10. The summed E-state index contributed by atoms with van der Waals surface area (Å²) in [6, 6.07) is 13.0. The van der Waals surface area contributed by atoms with Crippen molar-refractivity contribution < 1.29 is 18.7 Å². The van der Waals surface area contributed by atoms with E-state index in [1.54, 1.807) is 24.3 Å². The molecule has 0 spiro atoms. The molecule has 3 fully saturated rings. The van der Waals surface area contributed by atoms with E-state index < -0.39 is 6.17 Å². The normalized spacial score (nSPS) is 20.1. The van der Waals surface area contributed by atoms with Gasteiger partial charge in [0.2, 0.25) is 11.8 Å². The lowest BCUT2D eigenvalue weighted by Gasteiger charge is -2.34. The zero-order valence-electron chi connectivity index (χ0n) is 27.7. The number of amides is 2. The van der Waals surface area contributed by atoms with E-state index in [0.717, 1.165) is 17.0 Å². The van der Waals surface area contributed by atoms with Crippen LogP contribution >= 0.6 is 0 Å². The lowest BCUT2D eigenvalue weighted by atomic mass is 10.1. The first-order valence-electron chi connectivity index (χ1n) is 16.6. The third-order valence-electron chi connectivity index (χ3n) is 9.12. The number of benzene rings is 2. The molecule has 3 aliphatic heterocycles. The Hall–Kier alpha value is -4.71. The number of rotatable bonds is 13. The van der Waals surface area contributed by atoms with E-state index in [2.05, 4.69) is 12.2 Å². The van der Waals surface area contributed by atoms with Crippen LogP contribution in [0, 0.1) is 22.7 Å². The Bertz CT molecular complexity index is 1730. The van der Waals surface area contributed by atoms with Crippen molar-refractivity contribution in [3.63, 3.8) is 0 Å². The van der Waals surface area contributed by atoms with E-state index in [1.165, 1.54) is 0 Å². The molecule has 12 heteroatoms. The molecule has 2 aromatic carbocycles. The fourth-order valence-electron chi connectivity index (χ4n) is 6.20. The first kappa shape index (κ1) is 33.2. The second kappa shape index (κ2) is 14.2. The number of carbonyl (C=O) groups excluding carboxylic acids is 2. The molecule has 2 atom stereocenters. The zero-order valence-corrected chi connectivity index (χ0v) is 27.7. The molecule has 3 N–H and O–H groups in total. The standard InChI is InChI=1S/C36H43FN8O3/c1-22(2)30(38)10-11-31(39)24-6-8-29(9-7-24)48-32-15-25(4-5-26(32)19-44-18-23(3)14-34(44)47)35-41-36(27-16-33(46)40-17-27)45(42-35)13-12-43-20-28(37)21-43/h4-11,15,22-23,27-28,38-39H,12-14,16-21H2,1-3H3,(H,40,46)/b11-10-,38-30?,39-31?. The Morgan fingerprint density at radius 1 is 1.06 bits per heavy atom. The summed E-state index contributed by atoms with van der Waals surface area (Å²) in [5, 5.41) is 24.2. The molecule has 6 rings (SSSR count). The summed E-state index contributed by atoms with van der Waals surface area (Å²) in [7, 11) is 0. The molecular formula is C36H43FN8O3. The summed E-state index contributed by atoms with van der Waals surface area (Å²) >= 11 is 0. The number of allylic oxidation sites excluding steroid dienone is 2. The van der Waals surface area contributed by atoms with Gasteiger partial charge >= 0.3 is 0 Å². The minimum absolute atomic E-state index is 0.0165. The Kier molecular flexibility index (Phi) is 9.81. The molecule has 3 saturated heterocycles. The van der Waals surface area contributed by atoms with Gasteiger partial charge in [-0.1, -0.05) is 32.9 Å². The number of carbonyl (C=O) groups is 2. The number of nitrogens with one attached hydrogen (secondary N) is 3. The van der Waals surface area contributed by atoms with Gasteiger partial charge in [0.25, 0.3) is 0 Å². The summed E-state index contributed by atoms with van der Waals surface area (Å²) < 4.78 is 21.7. The summed E-state index contributed by atoms with van der Waals surface area (Å²) in [4.78, 5) is 33.6. The van der Waals surface area contributed by atoms with E-state index in [1.807, 2.05) is 58.7 Å². The first-order valence-corrected chi connectivity index (χ1v) is 16.6. The quantitative estimate of drug-likeness (QED) is 0.223. The minimum atomic E-state index is -0.783. The van der Waals surface area contributed by atoms with Crippen molar-refractivity contribution in [2.45, 2.75) is 58.8 Å². The van der Waals surface area contributed by atoms with Crippen LogP contribution in [0.25, 0.3) is 11.4 Å². The fraction of sp³-hybridized carbons (Fsp3) is 0.444. The van der Waals surface area contributed by atoms with Gasteiger partial charge in [0.1, 0.15) is 23.5 Å². The maximum Gasteiger partial charge on any atom is 0.223 e. The molecule has 2 unspecified atom stereocenters. The first-order chi connectivity index (χ1) is 23.0. The SMILES string of the molecule is CC1CC(=O)N(Cc2ccc(-c3nc(C4CNC(=O)C4)n(CCN4CC(F)C4)n3)cc2Oc2ccc(C(=N)/C=C\C(=N)C(C)C)cc2)C1. The highest BCUT2D eigenvalue weighted by Gasteiger charge is 2.31. The number of ether oxygens (including phenoxy) is 1. The minimum Gasteiger partial charge on any atom is -0.457 e. The van der Waals surface area contributed by atoms with Crippen molar-refractivity contribution in [1.82, 2.24) is 29.9 Å². The molecule has 3 aromatic rings. The van der Waals surface area contributed by atoms with E-state index in [9.17, 15) is 14.0 Å². The van der Waals surface area contributed by atoms with Gasteiger partial charge in [-0.3, -0.25) is 14.5 Å². The van der Waals surface area contributed by atoms with E-state index >= 15 is 0 Å². The van der Waals surface area contributed by atoms with Gasteiger partial charge in [-0.2, -0.15) is 5.10 Å². The second-order valence-corrected chi connectivity index (χ2v) is 13.5. The van der Waals surface area contributed by atoms with Gasteiger partial charge in [0, 0.05) is 74.9 Å². The maximum absolute atomic E-state index is 13.4. The number of aromatic nitrogens is 3. The van der Waals surface area contributed by atoms with Crippen LogP contribution in [0.5, 0.6) is 11.5 Å². The van der Waals surface area contributed by atoms with Crippen LogP contribution in [0.2, 0.25) is 0 Å². The van der Waals surface area contributed by atoms with Gasteiger partial charge in [-0.25, -0.2) is 14.1 Å². The molecular weight excluding hydrogens is 611 g/mol. The second-order valence-electron chi connectivity index (χ2n) is 13.5. The maximum atomic E-state index is 13.4.